The largest absolute Gasteiger partial charge is 0.481 e. The van der Waals surface area contributed by atoms with E-state index in [4.69, 9.17) is 0 Å². The third kappa shape index (κ3) is 4.33. The molecule has 3 N–H and O–H groups in total. The van der Waals surface area contributed by atoms with E-state index in [9.17, 15) is 19.8 Å². The first-order valence-corrected chi connectivity index (χ1v) is 7.90. The molecule has 21 heavy (non-hydrogen) atoms. The van der Waals surface area contributed by atoms with Crippen molar-refractivity contribution in [1.82, 2.24) is 10.2 Å². The molecule has 0 aromatic rings. The monoisotopic (exact) mass is 298 g/mol. The number of nitrogens with one attached hydrogen (secondary N) is 1. The van der Waals surface area contributed by atoms with Crippen LogP contribution in [0.25, 0.3) is 0 Å². The zero-order valence-corrected chi connectivity index (χ0v) is 12.7. The van der Waals surface area contributed by atoms with Gasteiger partial charge in [-0.05, 0) is 32.6 Å². The number of hydrogen-bond acceptors (Lipinski definition) is 3. The molecule has 1 saturated heterocycles. The van der Waals surface area contributed by atoms with Gasteiger partial charge in [-0.2, -0.15) is 0 Å². The number of nitrogens with zero attached hydrogens (tertiary/aromatic N) is 1. The molecule has 120 valence electrons. The molecule has 1 aliphatic heterocycles. The number of piperidine rings is 1. The van der Waals surface area contributed by atoms with Crippen molar-refractivity contribution in [3.63, 3.8) is 0 Å². The van der Waals surface area contributed by atoms with Crippen molar-refractivity contribution in [1.29, 1.82) is 0 Å². The highest BCUT2D eigenvalue weighted by molar-refractivity contribution is 5.77. The second kappa shape index (κ2) is 6.64. The fourth-order valence-corrected chi connectivity index (χ4v) is 3.42. The van der Waals surface area contributed by atoms with E-state index in [2.05, 4.69) is 5.32 Å². The summed E-state index contributed by atoms with van der Waals surface area (Å²) in [5.74, 6) is -1.32. The number of hydrogen-bond donors (Lipinski definition) is 3. The van der Waals surface area contributed by atoms with Gasteiger partial charge in [-0.1, -0.05) is 19.3 Å². The number of carboxylic acids is 1. The number of rotatable bonds is 2. The van der Waals surface area contributed by atoms with Gasteiger partial charge in [-0.15, -0.1) is 0 Å². The van der Waals surface area contributed by atoms with Crippen LogP contribution in [0, 0.1) is 5.92 Å². The Balaban J connectivity index is 1.97. The van der Waals surface area contributed by atoms with E-state index in [0.29, 0.717) is 32.4 Å². The summed E-state index contributed by atoms with van der Waals surface area (Å²) in [6.07, 6.45) is 5.68. The van der Waals surface area contributed by atoms with E-state index in [1.165, 1.54) is 0 Å². The Morgan fingerprint density at radius 1 is 1.19 bits per heavy atom. The summed E-state index contributed by atoms with van der Waals surface area (Å²) in [5.41, 5.74) is -0.842. The highest BCUT2D eigenvalue weighted by Gasteiger charge is 2.34. The summed E-state index contributed by atoms with van der Waals surface area (Å²) in [7, 11) is 0. The Labute approximate surface area is 125 Å². The molecule has 0 radical (unpaired) electrons. The molecule has 6 heteroatoms. The number of urea groups is 1. The first-order valence-electron chi connectivity index (χ1n) is 7.90. The lowest BCUT2D eigenvalue weighted by Gasteiger charge is -2.37. The van der Waals surface area contributed by atoms with Gasteiger partial charge in [-0.3, -0.25) is 4.79 Å². The first kappa shape index (κ1) is 16.1. The van der Waals surface area contributed by atoms with E-state index < -0.39 is 17.5 Å². The van der Waals surface area contributed by atoms with Crippen molar-refractivity contribution in [2.45, 2.75) is 63.5 Å². The highest BCUT2D eigenvalue weighted by Crippen LogP contribution is 2.25. The van der Waals surface area contributed by atoms with Gasteiger partial charge in [0, 0.05) is 12.6 Å². The van der Waals surface area contributed by atoms with Crippen molar-refractivity contribution >= 4 is 12.0 Å². The number of aliphatic hydroxyl groups is 1. The molecule has 2 rings (SSSR count). The zero-order chi connectivity index (χ0) is 15.5. The van der Waals surface area contributed by atoms with Crippen molar-refractivity contribution < 1.29 is 19.8 Å². The smallest absolute Gasteiger partial charge is 0.317 e. The van der Waals surface area contributed by atoms with Crippen LogP contribution in [-0.2, 0) is 4.79 Å². The van der Waals surface area contributed by atoms with E-state index in [-0.39, 0.29) is 12.1 Å². The van der Waals surface area contributed by atoms with E-state index in [0.717, 1.165) is 25.7 Å². The highest BCUT2D eigenvalue weighted by atomic mass is 16.4. The van der Waals surface area contributed by atoms with Gasteiger partial charge in [0.1, 0.15) is 0 Å². The van der Waals surface area contributed by atoms with Gasteiger partial charge < -0.3 is 20.4 Å². The van der Waals surface area contributed by atoms with Crippen LogP contribution >= 0.6 is 0 Å². The lowest BCUT2D eigenvalue weighted by Crippen LogP contribution is -2.55. The van der Waals surface area contributed by atoms with Crippen LogP contribution in [0.4, 0.5) is 4.79 Å². The van der Waals surface area contributed by atoms with Crippen LogP contribution in [0.2, 0.25) is 0 Å². The van der Waals surface area contributed by atoms with Crippen LogP contribution in [0.15, 0.2) is 0 Å². The Bertz CT molecular complexity index is 397. The average molecular weight is 298 g/mol. The van der Waals surface area contributed by atoms with E-state index in [1.807, 2.05) is 0 Å². The molecule has 0 aromatic heterocycles. The van der Waals surface area contributed by atoms with Gasteiger partial charge in [-0.25, -0.2) is 4.79 Å². The van der Waals surface area contributed by atoms with Crippen molar-refractivity contribution in [2.75, 3.05) is 13.1 Å². The Kier molecular flexibility index (Phi) is 5.08. The molecule has 1 heterocycles. The Morgan fingerprint density at radius 3 is 2.57 bits per heavy atom. The zero-order valence-electron chi connectivity index (χ0n) is 12.7. The molecule has 0 aromatic carbocycles. The molecule has 3 unspecified atom stereocenters. The molecule has 0 bridgehead atoms. The van der Waals surface area contributed by atoms with E-state index >= 15 is 0 Å². The van der Waals surface area contributed by atoms with Crippen molar-refractivity contribution in [2.24, 2.45) is 5.92 Å². The SMILES string of the molecule is CC1(O)CCCN(C(=O)NC2CCCCCC2C(=O)O)C1. The van der Waals surface area contributed by atoms with Crippen LogP contribution in [0.5, 0.6) is 0 Å². The van der Waals surface area contributed by atoms with Crippen LogP contribution in [0.3, 0.4) is 0 Å². The third-order valence-electron chi connectivity index (χ3n) is 4.60. The summed E-state index contributed by atoms with van der Waals surface area (Å²) in [5, 5.41) is 22.3. The molecular weight excluding hydrogens is 272 g/mol. The molecule has 6 nitrogen and oxygen atoms in total. The number of likely N-dealkylation sites (tertiary alicyclic amines) is 1. The third-order valence-corrected chi connectivity index (χ3v) is 4.60. The maximum absolute atomic E-state index is 12.3. The maximum Gasteiger partial charge on any atom is 0.317 e. The topological polar surface area (TPSA) is 89.9 Å². The van der Waals surface area contributed by atoms with Gasteiger partial charge in [0.2, 0.25) is 0 Å². The van der Waals surface area contributed by atoms with Crippen LogP contribution in [-0.4, -0.2) is 51.8 Å². The fourth-order valence-electron chi connectivity index (χ4n) is 3.42. The minimum atomic E-state index is -0.842. The summed E-state index contributed by atoms with van der Waals surface area (Å²) >= 11 is 0. The van der Waals surface area contributed by atoms with Gasteiger partial charge in [0.25, 0.3) is 0 Å². The number of carbonyl (C=O) groups excluding carboxylic acids is 1. The lowest BCUT2D eigenvalue weighted by atomic mass is 9.94. The molecule has 2 amide bonds. The Hall–Kier alpha value is -1.30. The predicted octanol–water partition coefficient (Wildman–Crippen LogP) is 1.58. The minimum Gasteiger partial charge on any atom is -0.481 e. The second-order valence-corrected chi connectivity index (χ2v) is 6.66. The number of carboxylic acid groups (broad SMARTS) is 1. The lowest BCUT2D eigenvalue weighted by molar-refractivity contribution is -0.142. The number of β-amino-alcohol motifs (C(OH)–C–C–N with tert-alkyl or cyclic N) is 1. The van der Waals surface area contributed by atoms with Gasteiger partial charge in [0.05, 0.1) is 18.1 Å². The predicted molar refractivity (Wildman–Crippen MR) is 78.0 cm³/mol. The summed E-state index contributed by atoms with van der Waals surface area (Å²) in [6.45, 7) is 2.66. The molecule has 1 saturated carbocycles. The van der Waals surface area contributed by atoms with Crippen LogP contribution in [0.1, 0.15) is 51.9 Å². The molecule has 3 atom stereocenters. The van der Waals surface area contributed by atoms with Gasteiger partial charge in [0.15, 0.2) is 0 Å². The van der Waals surface area contributed by atoms with Crippen LogP contribution < -0.4 is 5.32 Å². The average Bonchev–Trinajstić information content (AvgIpc) is 2.63. The summed E-state index contributed by atoms with van der Waals surface area (Å²) < 4.78 is 0. The maximum atomic E-state index is 12.3. The fraction of sp³-hybridized carbons (Fsp3) is 0.867. The standard InChI is InChI=1S/C15H26N2O4/c1-15(21)8-5-9-17(10-15)14(20)16-12-7-4-2-3-6-11(12)13(18)19/h11-12,21H,2-10H2,1H3,(H,16,20)(H,18,19). The van der Waals surface area contributed by atoms with Crippen molar-refractivity contribution in [3.8, 4) is 0 Å². The molecule has 2 aliphatic rings. The number of aliphatic carboxylic acids is 1. The molecule has 1 aliphatic carbocycles. The number of carbonyl (C=O) groups is 2. The van der Waals surface area contributed by atoms with Crippen molar-refractivity contribution in [3.05, 3.63) is 0 Å². The first-order chi connectivity index (χ1) is 9.89. The summed E-state index contributed by atoms with van der Waals surface area (Å²) in [4.78, 5) is 25.3. The quantitative estimate of drug-likeness (QED) is 0.675. The normalized spacial score (nSPS) is 34.1. The van der Waals surface area contributed by atoms with E-state index in [1.54, 1.807) is 11.8 Å². The Morgan fingerprint density at radius 2 is 1.90 bits per heavy atom. The summed E-state index contributed by atoms with van der Waals surface area (Å²) in [6, 6.07) is -0.544. The minimum absolute atomic E-state index is 0.242. The van der Waals surface area contributed by atoms with Gasteiger partial charge >= 0.3 is 12.0 Å². The molecule has 0 spiro atoms. The number of amides is 2. The molecule has 2 fully saturated rings. The second-order valence-electron chi connectivity index (χ2n) is 6.66. The molecular formula is C15H26N2O4.